The number of non-ortho nitro benzene ring substituents is 1. The third-order valence-corrected chi connectivity index (χ3v) is 2.84. The second-order valence-corrected chi connectivity index (χ2v) is 4.02. The number of rotatable bonds is 2. The standard InChI is InChI=1S/C10H10N2O4/c11-10(9(13)14)4-6-1-2-8(12(15)16)3-7(6)5-10/h1-3H,4-5,11H2,(H,13,14)/t10-/m0/s1. The van der Waals surface area contributed by atoms with E-state index in [1.54, 1.807) is 6.07 Å². The summed E-state index contributed by atoms with van der Waals surface area (Å²) in [5, 5.41) is 19.5. The maximum absolute atomic E-state index is 11.0. The highest BCUT2D eigenvalue weighted by Crippen LogP contribution is 2.31. The average Bonchev–Trinajstić information content (AvgIpc) is 2.54. The van der Waals surface area contributed by atoms with E-state index in [9.17, 15) is 14.9 Å². The van der Waals surface area contributed by atoms with Crippen LogP contribution in [0.25, 0.3) is 0 Å². The van der Waals surface area contributed by atoms with Gasteiger partial charge in [-0.05, 0) is 11.1 Å². The van der Waals surface area contributed by atoms with Gasteiger partial charge in [-0.3, -0.25) is 14.9 Å². The molecular formula is C10H10N2O4. The largest absolute Gasteiger partial charge is 0.480 e. The minimum absolute atomic E-state index is 0.0339. The predicted octanol–water partition coefficient (Wildman–Crippen LogP) is 0.475. The molecule has 1 atom stereocenters. The van der Waals surface area contributed by atoms with Crippen LogP contribution in [0.15, 0.2) is 18.2 Å². The Morgan fingerprint density at radius 2 is 2.06 bits per heavy atom. The van der Waals surface area contributed by atoms with Crippen molar-refractivity contribution in [3.05, 3.63) is 39.4 Å². The van der Waals surface area contributed by atoms with Crippen LogP contribution in [0.1, 0.15) is 11.1 Å². The Hall–Kier alpha value is -1.95. The second kappa shape index (κ2) is 3.28. The number of nitro groups is 1. The summed E-state index contributed by atoms with van der Waals surface area (Å²) in [4.78, 5) is 21.0. The van der Waals surface area contributed by atoms with Gasteiger partial charge in [-0.15, -0.1) is 0 Å². The molecule has 0 spiro atoms. The first-order valence-electron chi connectivity index (χ1n) is 4.71. The van der Waals surface area contributed by atoms with Gasteiger partial charge in [0, 0.05) is 25.0 Å². The molecule has 1 aromatic rings. The van der Waals surface area contributed by atoms with E-state index in [2.05, 4.69) is 0 Å². The fourth-order valence-electron chi connectivity index (χ4n) is 1.96. The van der Waals surface area contributed by atoms with E-state index in [-0.39, 0.29) is 18.5 Å². The van der Waals surface area contributed by atoms with Crippen molar-refractivity contribution in [2.75, 3.05) is 0 Å². The van der Waals surface area contributed by atoms with Crippen molar-refractivity contribution in [3.8, 4) is 0 Å². The molecule has 0 aliphatic heterocycles. The molecule has 1 aliphatic rings. The molecule has 6 heteroatoms. The van der Waals surface area contributed by atoms with Gasteiger partial charge in [-0.2, -0.15) is 0 Å². The first-order valence-corrected chi connectivity index (χ1v) is 4.71. The minimum atomic E-state index is -1.32. The zero-order valence-corrected chi connectivity index (χ0v) is 8.34. The monoisotopic (exact) mass is 222 g/mol. The molecule has 0 aromatic heterocycles. The number of nitrogens with two attached hydrogens (primary N) is 1. The van der Waals surface area contributed by atoms with Crippen molar-refractivity contribution in [1.29, 1.82) is 0 Å². The Kier molecular flexibility index (Phi) is 2.16. The third-order valence-electron chi connectivity index (χ3n) is 2.84. The number of fused-ring (bicyclic) bond motifs is 1. The number of carboxylic acid groups (broad SMARTS) is 1. The van der Waals surface area contributed by atoms with Gasteiger partial charge in [0.2, 0.25) is 0 Å². The van der Waals surface area contributed by atoms with Crippen molar-refractivity contribution in [2.45, 2.75) is 18.4 Å². The van der Waals surface area contributed by atoms with Crippen molar-refractivity contribution in [3.63, 3.8) is 0 Å². The Morgan fingerprint density at radius 3 is 2.62 bits per heavy atom. The Morgan fingerprint density at radius 1 is 1.44 bits per heavy atom. The topological polar surface area (TPSA) is 106 Å². The first kappa shape index (κ1) is 10.6. The van der Waals surface area contributed by atoms with E-state index < -0.39 is 16.4 Å². The van der Waals surface area contributed by atoms with Crippen LogP contribution in [0.2, 0.25) is 0 Å². The summed E-state index contributed by atoms with van der Waals surface area (Å²) in [6.07, 6.45) is 0.356. The number of hydrogen-bond acceptors (Lipinski definition) is 4. The number of nitro benzene ring substituents is 1. The fourth-order valence-corrected chi connectivity index (χ4v) is 1.96. The van der Waals surface area contributed by atoms with Crippen molar-refractivity contribution < 1.29 is 14.8 Å². The maximum Gasteiger partial charge on any atom is 0.324 e. The van der Waals surface area contributed by atoms with Gasteiger partial charge in [0.05, 0.1) is 4.92 Å². The van der Waals surface area contributed by atoms with Crippen molar-refractivity contribution >= 4 is 11.7 Å². The van der Waals surface area contributed by atoms with Crippen LogP contribution in [-0.2, 0) is 17.6 Å². The number of benzene rings is 1. The van der Waals surface area contributed by atoms with Crippen LogP contribution in [0.3, 0.4) is 0 Å². The summed E-state index contributed by atoms with van der Waals surface area (Å²) in [7, 11) is 0. The van der Waals surface area contributed by atoms with Gasteiger partial charge in [0.1, 0.15) is 5.54 Å². The van der Waals surface area contributed by atoms with E-state index in [0.717, 1.165) is 5.56 Å². The minimum Gasteiger partial charge on any atom is -0.480 e. The fraction of sp³-hybridized carbons (Fsp3) is 0.300. The number of carbonyl (C=O) groups is 1. The van der Waals surface area contributed by atoms with Crippen LogP contribution in [-0.4, -0.2) is 21.5 Å². The lowest BCUT2D eigenvalue weighted by molar-refractivity contribution is -0.384. The summed E-state index contributed by atoms with van der Waals surface area (Å²) in [5.74, 6) is -1.08. The molecular weight excluding hydrogens is 212 g/mol. The van der Waals surface area contributed by atoms with E-state index >= 15 is 0 Å². The van der Waals surface area contributed by atoms with E-state index in [0.29, 0.717) is 5.56 Å². The van der Waals surface area contributed by atoms with Crippen LogP contribution in [0.4, 0.5) is 5.69 Å². The molecule has 16 heavy (non-hydrogen) atoms. The quantitative estimate of drug-likeness (QED) is 0.559. The summed E-state index contributed by atoms with van der Waals surface area (Å²) in [6.45, 7) is 0. The van der Waals surface area contributed by atoms with Crippen LogP contribution in [0, 0.1) is 10.1 Å². The SMILES string of the molecule is N[C@@]1(C(=O)O)Cc2ccc([N+](=O)[O-])cc2C1. The lowest BCUT2D eigenvalue weighted by atomic mass is 9.98. The van der Waals surface area contributed by atoms with Crippen molar-refractivity contribution in [1.82, 2.24) is 0 Å². The molecule has 3 N–H and O–H groups in total. The Labute approximate surface area is 90.8 Å². The van der Waals surface area contributed by atoms with E-state index in [1.165, 1.54) is 12.1 Å². The molecule has 1 aromatic carbocycles. The molecule has 1 aliphatic carbocycles. The first-order chi connectivity index (χ1) is 7.42. The number of hydrogen-bond donors (Lipinski definition) is 2. The van der Waals surface area contributed by atoms with E-state index in [4.69, 9.17) is 10.8 Å². The van der Waals surface area contributed by atoms with Gasteiger partial charge in [-0.25, -0.2) is 0 Å². The molecule has 0 saturated heterocycles. The second-order valence-electron chi connectivity index (χ2n) is 4.02. The third kappa shape index (κ3) is 1.53. The van der Waals surface area contributed by atoms with Crippen molar-refractivity contribution in [2.24, 2.45) is 5.73 Å². The number of nitrogens with zero attached hydrogens (tertiary/aromatic N) is 1. The zero-order chi connectivity index (χ0) is 11.9. The molecule has 0 amide bonds. The highest BCUT2D eigenvalue weighted by molar-refractivity contribution is 5.81. The predicted molar refractivity (Wildman–Crippen MR) is 55.1 cm³/mol. The molecule has 0 bridgehead atoms. The molecule has 84 valence electrons. The lowest BCUT2D eigenvalue weighted by Gasteiger charge is -2.16. The molecule has 0 radical (unpaired) electrons. The van der Waals surface area contributed by atoms with Gasteiger partial charge in [0.15, 0.2) is 0 Å². The average molecular weight is 222 g/mol. The summed E-state index contributed by atoms with van der Waals surface area (Å²) >= 11 is 0. The lowest BCUT2D eigenvalue weighted by Crippen LogP contribution is -2.48. The van der Waals surface area contributed by atoms with Crippen LogP contribution >= 0.6 is 0 Å². The van der Waals surface area contributed by atoms with Gasteiger partial charge < -0.3 is 10.8 Å². The molecule has 2 rings (SSSR count). The maximum atomic E-state index is 11.0. The smallest absolute Gasteiger partial charge is 0.324 e. The summed E-state index contributed by atoms with van der Waals surface area (Å²) in [5.41, 5.74) is 5.78. The Balaban J connectivity index is 2.38. The molecule has 0 fully saturated rings. The molecule has 0 unspecified atom stereocenters. The van der Waals surface area contributed by atoms with E-state index in [1.807, 2.05) is 0 Å². The van der Waals surface area contributed by atoms with Crippen LogP contribution in [0.5, 0.6) is 0 Å². The van der Waals surface area contributed by atoms with Gasteiger partial charge in [-0.1, -0.05) is 6.07 Å². The molecule has 6 nitrogen and oxygen atoms in total. The molecule has 0 saturated carbocycles. The van der Waals surface area contributed by atoms with Crippen LogP contribution < -0.4 is 5.73 Å². The number of carboxylic acids is 1. The highest BCUT2D eigenvalue weighted by atomic mass is 16.6. The normalized spacial score (nSPS) is 22.8. The highest BCUT2D eigenvalue weighted by Gasteiger charge is 2.40. The number of aliphatic carboxylic acids is 1. The Bertz CT molecular complexity index is 486. The molecule has 0 heterocycles. The summed E-state index contributed by atoms with van der Waals surface area (Å²) < 4.78 is 0. The summed E-state index contributed by atoms with van der Waals surface area (Å²) in [6, 6.07) is 4.34. The zero-order valence-electron chi connectivity index (χ0n) is 8.34. The van der Waals surface area contributed by atoms with Gasteiger partial charge in [0.25, 0.3) is 5.69 Å². The van der Waals surface area contributed by atoms with Gasteiger partial charge >= 0.3 is 5.97 Å².